The summed E-state index contributed by atoms with van der Waals surface area (Å²) in [6.45, 7) is 6.72. The summed E-state index contributed by atoms with van der Waals surface area (Å²) in [5.74, 6) is 0.609. The maximum Gasteiger partial charge on any atom is 0.400 e. The maximum atomic E-state index is 5.51. The molecule has 0 aliphatic heterocycles. The Balaban J connectivity index is 2.00. The molecule has 98 valence electrons. The van der Waals surface area contributed by atoms with Crippen LogP contribution in [0.25, 0.3) is 0 Å². The minimum Gasteiger partial charge on any atom is -0.417 e. The Morgan fingerprint density at radius 3 is 2.89 bits per heavy atom. The minimum absolute atomic E-state index is 0.235. The van der Waals surface area contributed by atoms with Gasteiger partial charge in [0.15, 0.2) is 0 Å². The minimum atomic E-state index is 0.235. The molecule has 0 fully saturated rings. The Bertz CT molecular complexity index is 516. The van der Waals surface area contributed by atoms with Crippen LogP contribution in [0, 0.1) is 6.92 Å². The van der Waals surface area contributed by atoms with E-state index in [4.69, 9.17) is 9.15 Å². The predicted octanol–water partition coefficient (Wildman–Crippen LogP) is 2.01. The lowest BCUT2D eigenvalue weighted by Crippen LogP contribution is -2.21. The third-order valence-electron chi connectivity index (χ3n) is 2.37. The average molecular weight is 250 g/mol. The molecule has 0 radical (unpaired) electrons. The molecule has 0 saturated carbocycles. The Morgan fingerprint density at radius 1 is 1.50 bits per heavy atom. The number of aryl methyl sites for hydroxylation is 2. The van der Waals surface area contributed by atoms with Crippen LogP contribution in [0.3, 0.4) is 0 Å². The second kappa shape index (κ2) is 5.22. The Labute approximate surface area is 106 Å². The third-order valence-corrected chi connectivity index (χ3v) is 2.37. The highest BCUT2D eigenvalue weighted by molar-refractivity contribution is 5.17. The first-order valence-corrected chi connectivity index (χ1v) is 5.91. The molecule has 0 aliphatic rings. The largest absolute Gasteiger partial charge is 0.417 e. The van der Waals surface area contributed by atoms with E-state index < -0.39 is 0 Å². The molecule has 2 heterocycles. The van der Waals surface area contributed by atoms with E-state index in [-0.39, 0.29) is 6.08 Å². The molecule has 0 amide bonds. The summed E-state index contributed by atoms with van der Waals surface area (Å²) >= 11 is 0. The zero-order valence-electron chi connectivity index (χ0n) is 11.1. The predicted molar refractivity (Wildman–Crippen MR) is 66.5 cm³/mol. The van der Waals surface area contributed by atoms with Gasteiger partial charge in [0.2, 0.25) is 5.88 Å². The van der Waals surface area contributed by atoms with Gasteiger partial charge in [-0.15, -0.1) is 0 Å². The highest BCUT2D eigenvalue weighted by atomic mass is 16.6. The van der Waals surface area contributed by atoms with Crippen molar-refractivity contribution in [3.05, 3.63) is 23.7 Å². The van der Waals surface area contributed by atoms with Crippen molar-refractivity contribution in [3.63, 3.8) is 0 Å². The van der Waals surface area contributed by atoms with Crippen LogP contribution in [0.2, 0.25) is 0 Å². The van der Waals surface area contributed by atoms with Crippen LogP contribution in [0.5, 0.6) is 12.0 Å². The van der Waals surface area contributed by atoms with Gasteiger partial charge in [0.1, 0.15) is 6.26 Å². The van der Waals surface area contributed by atoms with Crippen LogP contribution in [0.1, 0.15) is 25.2 Å². The molecular formula is C12H18N4O2. The topological polar surface area (TPSA) is 65.1 Å². The van der Waals surface area contributed by atoms with Gasteiger partial charge in [0.05, 0.1) is 11.4 Å². The molecule has 0 aliphatic carbocycles. The molecule has 0 unspecified atom stereocenters. The number of nitrogens with one attached hydrogen (secondary N) is 1. The van der Waals surface area contributed by atoms with E-state index in [0.717, 1.165) is 11.4 Å². The molecule has 0 saturated heterocycles. The first-order chi connectivity index (χ1) is 8.54. The number of rotatable bonds is 5. The normalized spacial score (nSPS) is 11.2. The molecule has 0 bridgehead atoms. The Hall–Kier alpha value is -1.82. The molecule has 6 heteroatoms. The van der Waals surface area contributed by atoms with Crippen LogP contribution in [0.4, 0.5) is 0 Å². The van der Waals surface area contributed by atoms with Crippen molar-refractivity contribution < 1.29 is 9.15 Å². The molecule has 1 N–H and O–H groups in total. The van der Waals surface area contributed by atoms with Crippen LogP contribution >= 0.6 is 0 Å². The van der Waals surface area contributed by atoms with Crippen LogP contribution in [-0.4, -0.2) is 20.8 Å². The van der Waals surface area contributed by atoms with Gasteiger partial charge in [-0.3, -0.25) is 0 Å². The summed E-state index contributed by atoms with van der Waals surface area (Å²) in [4.78, 5) is 4.24. The molecule has 2 aromatic rings. The summed E-state index contributed by atoms with van der Waals surface area (Å²) in [5, 5.41) is 7.44. The molecule has 6 nitrogen and oxygen atoms in total. The number of oxazole rings is 1. The summed E-state index contributed by atoms with van der Waals surface area (Å²) in [5.41, 5.74) is 1.71. The molecule has 0 atom stereocenters. The SMILES string of the molecule is Cc1cc(Oc2nc(CNC(C)C)co2)n(C)n1. The van der Waals surface area contributed by atoms with Gasteiger partial charge in [-0.05, 0) is 6.92 Å². The molecule has 0 spiro atoms. The fraction of sp³-hybridized carbons (Fsp3) is 0.500. The summed E-state index contributed by atoms with van der Waals surface area (Å²) < 4.78 is 12.4. The second-order valence-electron chi connectivity index (χ2n) is 4.49. The van der Waals surface area contributed by atoms with E-state index >= 15 is 0 Å². The highest BCUT2D eigenvalue weighted by Crippen LogP contribution is 2.20. The molecule has 2 aromatic heterocycles. The molecule has 0 aromatic carbocycles. The zero-order valence-corrected chi connectivity index (χ0v) is 11.1. The van der Waals surface area contributed by atoms with E-state index in [0.29, 0.717) is 18.5 Å². The smallest absolute Gasteiger partial charge is 0.400 e. The number of hydrogen-bond donors (Lipinski definition) is 1. The van der Waals surface area contributed by atoms with Crippen molar-refractivity contribution in [2.24, 2.45) is 7.05 Å². The van der Waals surface area contributed by atoms with Crippen molar-refractivity contribution in [1.82, 2.24) is 20.1 Å². The quantitative estimate of drug-likeness (QED) is 0.879. The van der Waals surface area contributed by atoms with Gasteiger partial charge in [0.25, 0.3) is 0 Å². The first-order valence-electron chi connectivity index (χ1n) is 5.91. The lowest BCUT2D eigenvalue weighted by atomic mass is 10.4. The van der Waals surface area contributed by atoms with E-state index in [1.807, 2.05) is 20.0 Å². The van der Waals surface area contributed by atoms with Gasteiger partial charge < -0.3 is 14.5 Å². The van der Waals surface area contributed by atoms with Crippen molar-refractivity contribution in [1.29, 1.82) is 0 Å². The number of ether oxygens (including phenoxy) is 1. The van der Waals surface area contributed by atoms with Crippen LogP contribution in [0.15, 0.2) is 16.7 Å². The monoisotopic (exact) mass is 250 g/mol. The highest BCUT2D eigenvalue weighted by Gasteiger charge is 2.10. The Kier molecular flexibility index (Phi) is 3.66. The van der Waals surface area contributed by atoms with E-state index in [9.17, 15) is 0 Å². The lowest BCUT2D eigenvalue weighted by Gasteiger charge is -2.04. The lowest BCUT2D eigenvalue weighted by molar-refractivity contribution is 0.309. The molecular weight excluding hydrogens is 232 g/mol. The summed E-state index contributed by atoms with van der Waals surface area (Å²) in [6, 6.07) is 2.24. The molecule has 18 heavy (non-hydrogen) atoms. The van der Waals surface area contributed by atoms with E-state index in [2.05, 4.69) is 29.2 Å². The van der Waals surface area contributed by atoms with Gasteiger partial charge in [-0.1, -0.05) is 13.8 Å². The first kappa shape index (κ1) is 12.6. The maximum absolute atomic E-state index is 5.51. The summed E-state index contributed by atoms with van der Waals surface area (Å²) in [6.07, 6.45) is 1.83. The standard InChI is InChI=1S/C12H18N4O2/c1-8(2)13-6-10-7-17-12(14-10)18-11-5-9(3)15-16(11)4/h5,7-8,13H,6H2,1-4H3. The number of nitrogens with zero attached hydrogens (tertiary/aromatic N) is 3. The molecule has 2 rings (SSSR count). The van der Waals surface area contributed by atoms with Crippen molar-refractivity contribution in [2.75, 3.05) is 0 Å². The van der Waals surface area contributed by atoms with Crippen LogP contribution < -0.4 is 10.1 Å². The van der Waals surface area contributed by atoms with Crippen molar-refractivity contribution in [2.45, 2.75) is 33.4 Å². The van der Waals surface area contributed by atoms with Crippen molar-refractivity contribution in [3.8, 4) is 12.0 Å². The number of hydrogen-bond acceptors (Lipinski definition) is 5. The summed E-state index contributed by atoms with van der Waals surface area (Å²) in [7, 11) is 1.81. The van der Waals surface area contributed by atoms with Crippen LogP contribution in [-0.2, 0) is 13.6 Å². The zero-order chi connectivity index (χ0) is 13.1. The van der Waals surface area contributed by atoms with Gasteiger partial charge in [0, 0.05) is 25.7 Å². The number of aromatic nitrogens is 3. The van der Waals surface area contributed by atoms with Gasteiger partial charge in [-0.25, -0.2) is 4.68 Å². The van der Waals surface area contributed by atoms with Crippen molar-refractivity contribution >= 4 is 0 Å². The fourth-order valence-corrected chi connectivity index (χ4v) is 1.50. The fourth-order valence-electron chi connectivity index (χ4n) is 1.50. The van der Waals surface area contributed by atoms with Gasteiger partial charge >= 0.3 is 6.08 Å². The van der Waals surface area contributed by atoms with Gasteiger partial charge in [-0.2, -0.15) is 10.1 Å². The Morgan fingerprint density at radius 2 is 2.28 bits per heavy atom. The van der Waals surface area contributed by atoms with E-state index in [1.165, 1.54) is 0 Å². The van der Waals surface area contributed by atoms with E-state index in [1.54, 1.807) is 10.9 Å². The second-order valence-corrected chi connectivity index (χ2v) is 4.49. The average Bonchev–Trinajstić information content (AvgIpc) is 2.84. The third kappa shape index (κ3) is 3.10.